The topological polar surface area (TPSA) is 105 Å². The molecule has 3 rings (SSSR count). The van der Waals surface area contributed by atoms with E-state index < -0.39 is 0 Å². The molecule has 96 valence electrons. The van der Waals surface area contributed by atoms with E-state index in [0.29, 0.717) is 27.2 Å². The van der Waals surface area contributed by atoms with E-state index in [0.717, 1.165) is 11.8 Å². The molecule has 0 radical (unpaired) electrons. The molecule has 6 nitrogen and oxygen atoms in total. The Labute approximate surface area is 118 Å². The van der Waals surface area contributed by atoms with Gasteiger partial charge in [-0.1, -0.05) is 0 Å². The van der Waals surface area contributed by atoms with Crippen LogP contribution in [0.5, 0.6) is 0 Å². The van der Waals surface area contributed by atoms with Crippen LogP contribution >= 0.6 is 11.8 Å². The first-order valence-corrected chi connectivity index (χ1v) is 6.42. The van der Waals surface area contributed by atoms with Crippen LogP contribution in [0.1, 0.15) is 11.3 Å². The molecular weight excluding hydrogens is 274 g/mol. The van der Waals surface area contributed by atoms with Gasteiger partial charge in [0.1, 0.15) is 6.07 Å². The summed E-state index contributed by atoms with van der Waals surface area (Å²) in [7, 11) is 0. The number of aromatic nitrogens is 2. The van der Waals surface area contributed by atoms with Crippen molar-refractivity contribution in [3.63, 3.8) is 0 Å². The van der Waals surface area contributed by atoms with E-state index in [9.17, 15) is 4.79 Å². The average molecular weight is 281 g/mol. The van der Waals surface area contributed by atoms with Crippen LogP contribution in [0.2, 0.25) is 0 Å². The molecule has 7 heteroatoms. The lowest BCUT2D eigenvalue weighted by atomic mass is 10.2. The third-order valence-corrected chi connectivity index (χ3v) is 3.42. The van der Waals surface area contributed by atoms with Crippen LogP contribution in [-0.4, -0.2) is 21.0 Å². The molecule has 0 aliphatic carbocycles. The molecule has 2 aromatic heterocycles. The number of rotatable bonds is 1. The van der Waals surface area contributed by atoms with Crippen molar-refractivity contribution in [1.29, 1.82) is 5.26 Å². The van der Waals surface area contributed by atoms with Crippen LogP contribution in [0.25, 0.3) is 17.1 Å². The van der Waals surface area contributed by atoms with E-state index in [1.165, 1.54) is 6.20 Å². The van der Waals surface area contributed by atoms with Gasteiger partial charge in [-0.3, -0.25) is 9.78 Å². The molecule has 20 heavy (non-hydrogen) atoms. The van der Waals surface area contributed by atoms with Gasteiger partial charge in [0.2, 0.25) is 0 Å². The summed E-state index contributed by atoms with van der Waals surface area (Å²) in [6, 6.07) is 7.19. The van der Waals surface area contributed by atoms with Crippen molar-refractivity contribution in [2.24, 2.45) is 10.7 Å². The molecule has 1 amide bonds. The van der Waals surface area contributed by atoms with Crippen molar-refractivity contribution < 1.29 is 4.79 Å². The molecule has 3 heterocycles. The van der Waals surface area contributed by atoms with Gasteiger partial charge in [0.25, 0.3) is 5.91 Å². The van der Waals surface area contributed by atoms with Crippen LogP contribution in [-0.2, 0) is 4.79 Å². The summed E-state index contributed by atoms with van der Waals surface area (Å²) in [4.78, 5) is 24.1. The standard InChI is InChI=1S/C13H7N5OS/c14-5-7-3-10-9(16-6-7)2-1-8(17-10)4-11-12(19)18-13(15)20-11/h1-4,6H,(H2,15,18,19). The second kappa shape index (κ2) is 4.75. The SMILES string of the molecule is N#Cc1cnc2ccc(C=C3SC(N)=NC3=O)nc2c1. The highest BCUT2D eigenvalue weighted by molar-refractivity contribution is 8.18. The van der Waals surface area contributed by atoms with Crippen molar-refractivity contribution in [3.05, 3.63) is 40.6 Å². The minimum Gasteiger partial charge on any atom is -0.378 e. The summed E-state index contributed by atoms with van der Waals surface area (Å²) >= 11 is 1.11. The molecule has 1 aliphatic heterocycles. The van der Waals surface area contributed by atoms with Crippen molar-refractivity contribution in [2.45, 2.75) is 0 Å². The van der Waals surface area contributed by atoms with Gasteiger partial charge < -0.3 is 5.73 Å². The lowest BCUT2D eigenvalue weighted by Crippen LogP contribution is -2.01. The Morgan fingerprint density at radius 2 is 2.20 bits per heavy atom. The number of nitrogens with zero attached hydrogens (tertiary/aromatic N) is 4. The maximum atomic E-state index is 11.5. The van der Waals surface area contributed by atoms with Gasteiger partial charge in [-0.2, -0.15) is 10.3 Å². The highest BCUT2D eigenvalue weighted by Crippen LogP contribution is 2.26. The maximum absolute atomic E-state index is 11.5. The monoisotopic (exact) mass is 281 g/mol. The van der Waals surface area contributed by atoms with Gasteiger partial charge in [-0.25, -0.2) is 4.98 Å². The second-order valence-corrected chi connectivity index (χ2v) is 5.04. The highest BCUT2D eigenvalue weighted by Gasteiger charge is 2.19. The smallest absolute Gasteiger partial charge is 0.286 e. The number of nitrogens with two attached hydrogens (primary N) is 1. The van der Waals surface area contributed by atoms with Crippen molar-refractivity contribution in [1.82, 2.24) is 9.97 Å². The van der Waals surface area contributed by atoms with Gasteiger partial charge in [-0.05, 0) is 36.0 Å². The molecule has 0 unspecified atom stereocenters. The summed E-state index contributed by atoms with van der Waals surface area (Å²) < 4.78 is 0. The average Bonchev–Trinajstić information content (AvgIpc) is 2.76. The fourth-order valence-corrected chi connectivity index (χ4v) is 2.39. The van der Waals surface area contributed by atoms with E-state index in [-0.39, 0.29) is 11.1 Å². The lowest BCUT2D eigenvalue weighted by molar-refractivity contribution is -0.113. The molecule has 2 N–H and O–H groups in total. The number of hydrogen-bond donors (Lipinski definition) is 1. The number of pyridine rings is 2. The normalized spacial score (nSPS) is 16.4. The third kappa shape index (κ3) is 2.24. The molecule has 0 saturated carbocycles. The van der Waals surface area contributed by atoms with Gasteiger partial charge in [-0.15, -0.1) is 0 Å². The minimum atomic E-state index is -0.363. The van der Waals surface area contributed by atoms with Crippen LogP contribution < -0.4 is 5.73 Å². The van der Waals surface area contributed by atoms with Crippen LogP contribution in [0.15, 0.2) is 34.3 Å². The Morgan fingerprint density at radius 3 is 2.90 bits per heavy atom. The second-order valence-electron chi connectivity index (χ2n) is 3.98. The minimum absolute atomic E-state index is 0.232. The molecule has 2 aromatic rings. The van der Waals surface area contributed by atoms with E-state index in [4.69, 9.17) is 11.0 Å². The number of amidine groups is 1. The quantitative estimate of drug-likeness (QED) is 0.793. The summed E-state index contributed by atoms with van der Waals surface area (Å²) in [6.45, 7) is 0. The first kappa shape index (κ1) is 12.3. The predicted molar refractivity (Wildman–Crippen MR) is 76.5 cm³/mol. The van der Waals surface area contributed by atoms with E-state index in [2.05, 4.69) is 15.0 Å². The van der Waals surface area contributed by atoms with E-state index in [1.54, 1.807) is 24.3 Å². The molecule has 0 bridgehead atoms. The zero-order chi connectivity index (χ0) is 14.1. The lowest BCUT2D eigenvalue weighted by Gasteiger charge is -1.99. The summed E-state index contributed by atoms with van der Waals surface area (Å²) in [5.41, 5.74) is 7.80. The van der Waals surface area contributed by atoms with Crippen molar-refractivity contribution in [3.8, 4) is 6.07 Å². The van der Waals surface area contributed by atoms with E-state index >= 15 is 0 Å². The molecule has 0 saturated heterocycles. The Hall–Kier alpha value is -2.72. The predicted octanol–water partition coefficient (Wildman–Crippen LogP) is 1.43. The third-order valence-electron chi connectivity index (χ3n) is 2.60. The van der Waals surface area contributed by atoms with Gasteiger partial charge >= 0.3 is 0 Å². The zero-order valence-corrected chi connectivity index (χ0v) is 10.9. The Morgan fingerprint density at radius 1 is 1.35 bits per heavy atom. The highest BCUT2D eigenvalue weighted by atomic mass is 32.2. The van der Waals surface area contributed by atoms with Crippen LogP contribution in [0.4, 0.5) is 0 Å². The van der Waals surface area contributed by atoms with Crippen molar-refractivity contribution in [2.75, 3.05) is 0 Å². The van der Waals surface area contributed by atoms with E-state index in [1.807, 2.05) is 6.07 Å². The molecule has 0 fully saturated rings. The number of fused-ring (bicyclic) bond motifs is 1. The number of carbonyl (C=O) groups excluding carboxylic acids is 1. The Balaban J connectivity index is 2.03. The zero-order valence-electron chi connectivity index (χ0n) is 10.1. The summed E-state index contributed by atoms with van der Waals surface area (Å²) in [5, 5.41) is 9.09. The molecular formula is C13H7N5OS. The Bertz CT molecular complexity index is 834. The van der Waals surface area contributed by atoms with Gasteiger partial charge in [0.05, 0.1) is 27.2 Å². The van der Waals surface area contributed by atoms with Gasteiger partial charge in [0, 0.05) is 6.20 Å². The molecule has 0 aromatic carbocycles. The first-order chi connectivity index (χ1) is 9.65. The summed E-state index contributed by atoms with van der Waals surface area (Å²) in [5.74, 6) is -0.363. The Kier molecular flexibility index (Phi) is 2.93. The number of carbonyl (C=O) groups is 1. The fraction of sp³-hybridized carbons (Fsp3) is 0. The number of nitriles is 1. The number of hydrogen-bond acceptors (Lipinski definition) is 6. The number of amides is 1. The molecule has 0 atom stereocenters. The summed E-state index contributed by atoms with van der Waals surface area (Å²) in [6.07, 6.45) is 3.11. The van der Waals surface area contributed by atoms with Crippen LogP contribution in [0, 0.1) is 11.3 Å². The molecule has 0 spiro atoms. The van der Waals surface area contributed by atoms with Crippen LogP contribution in [0.3, 0.4) is 0 Å². The number of thioether (sulfide) groups is 1. The number of aliphatic imine (C=N–C) groups is 1. The maximum Gasteiger partial charge on any atom is 0.286 e. The fourth-order valence-electron chi connectivity index (χ4n) is 1.72. The molecule has 1 aliphatic rings. The van der Waals surface area contributed by atoms with Crippen molar-refractivity contribution >= 4 is 39.9 Å². The largest absolute Gasteiger partial charge is 0.378 e. The first-order valence-electron chi connectivity index (χ1n) is 5.60. The van der Waals surface area contributed by atoms with Gasteiger partial charge in [0.15, 0.2) is 5.17 Å².